The fourth-order valence-electron chi connectivity index (χ4n) is 2.01. The molecule has 1 aromatic carbocycles. The maximum atomic E-state index is 12.0. The zero-order chi connectivity index (χ0) is 13.2. The minimum absolute atomic E-state index is 0.199. The normalized spacial score (nSPS) is 10.8. The van der Waals surface area contributed by atoms with Gasteiger partial charge in [0.15, 0.2) is 5.76 Å². The minimum Gasteiger partial charge on any atom is -0.451 e. The molecule has 0 saturated carbocycles. The number of carbonyl (C=O) groups is 1. The first kappa shape index (κ1) is 11.6. The molecule has 0 spiro atoms. The van der Waals surface area contributed by atoms with Gasteiger partial charge in [0.25, 0.3) is 5.91 Å². The Bertz CT molecular complexity index is 711. The predicted molar refractivity (Wildman–Crippen MR) is 72.9 cm³/mol. The van der Waals surface area contributed by atoms with Crippen molar-refractivity contribution in [3.8, 4) is 0 Å². The third kappa shape index (κ3) is 2.38. The average molecular weight is 254 g/mol. The highest BCUT2D eigenvalue weighted by Gasteiger charge is 2.11. The first-order valence-corrected chi connectivity index (χ1v) is 6.12. The van der Waals surface area contributed by atoms with Crippen molar-refractivity contribution >= 4 is 16.9 Å². The molecule has 0 unspecified atom stereocenters. The van der Waals surface area contributed by atoms with Crippen molar-refractivity contribution in [2.75, 3.05) is 0 Å². The van der Waals surface area contributed by atoms with Crippen LogP contribution >= 0.6 is 0 Å². The van der Waals surface area contributed by atoms with Crippen molar-refractivity contribution in [3.63, 3.8) is 0 Å². The molecule has 2 aromatic heterocycles. The summed E-state index contributed by atoms with van der Waals surface area (Å²) in [5, 5.41) is 3.77. The van der Waals surface area contributed by atoms with Crippen LogP contribution in [0.5, 0.6) is 0 Å². The van der Waals surface area contributed by atoms with Crippen LogP contribution in [0.2, 0.25) is 0 Å². The Morgan fingerprint density at radius 1 is 1.32 bits per heavy atom. The molecule has 4 heteroatoms. The number of hydrogen-bond donors (Lipinski definition) is 2. The van der Waals surface area contributed by atoms with E-state index in [2.05, 4.69) is 10.3 Å². The molecule has 0 aliphatic rings. The molecule has 1 amide bonds. The van der Waals surface area contributed by atoms with Crippen molar-refractivity contribution in [3.05, 3.63) is 59.6 Å². The summed E-state index contributed by atoms with van der Waals surface area (Å²) in [6.45, 7) is 2.50. The lowest BCUT2D eigenvalue weighted by molar-refractivity contribution is 0.0925. The average Bonchev–Trinajstić information content (AvgIpc) is 3.04. The Hall–Kier alpha value is -2.49. The lowest BCUT2D eigenvalue weighted by Gasteiger charge is -2.00. The summed E-state index contributed by atoms with van der Waals surface area (Å²) in [5.74, 6) is 0.145. The maximum absolute atomic E-state index is 12.0. The summed E-state index contributed by atoms with van der Waals surface area (Å²) in [6, 6.07) is 9.54. The Kier molecular flexibility index (Phi) is 2.83. The van der Waals surface area contributed by atoms with Gasteiger partial charge in [-0.3, -0.25) is 4.79 Å². The molecule has 0 atom stereocenters. The minimum atomic E-state index is -0.199. The molecule has 0 aliphatic carbocycles. The third-order valence-corrected chi connectivity index (χ3v) is 3.01. The molecule has 2 heterocycles. The Balaban J connectivity index is 1.77. The molecule has 0 bridgehead atoms. The van der Waals surface area contributed by atoms with E-state index in [4.69, 9.17) is 4.42 Å². The van der Waals surface area contributed by atoms with E-state index in [9.17, 15) is 4.79 Å². The second-order valence-corrected chi connectivity index (χ2v) is 4.55. The van der Waals surface area contributed by atoms with Gasteiger partial charge in [0.1, 0.15) is 5.58 Å². The van der Waals surface area contributed by atoms with Crippen LogP contribution in [0.1, 0.15) is 21.7 Å². The molecular formula is C15H14N2O2. The number of furan rings is 1. The fourth-order valence-corrected chi connectivity index (χ4v) is 2.01. The van der Waals surface area contributed by atoms with Crippen molar-refractivity contribution in [2.24, 2.45) is 0 Å². The van der Waals surface area contributed by atoms with Crippen LogP contribution in [0.25, 0.3) is 11.0 Å². The third-order valence-electron chi connectivity index (χ3n) is 3.01. The van der Waals surface area contributed by atoms with E-state index in [0.29, 0.717) is 12.3 Å². The molecule has 0 saturated heterocycles. The Morgan fingerprint density at radius 3 is 3.00 bits per heavy atom. The van der Waals surface area contributed by atoms with Crippen LogP contribution in [0, 0.1) is 6.92 Å². The number of aromatic amines is 1. The van der Waals surface area contributed by atoms with Gasteiger partial charge in [-0.2, -0.15) is 0 Å². The highest BCUT2D eigenvalue weighted by atomic mass is 16.3. The molecule has 0 radical (unpaired) electrons. The van der Waals surface area contributed by atoms with Gasteiger partial charge in [-0.25, -0.2) is 0 Å². The summed E-state index contributed by atoms with van der Waals surface area (Å²) < 4.78 is 5.53. The molecule has 19 heavy (non-hydrogen) atoms. The Morgan fingerprint density at radius 2 is 2.21 bits per heavy atom. The summed E-state index contributed by atoms with van der Waals surface area (Å²) in [5.41, 5.74) is 2.91. The molecule has 3 rings (SSSR count). The number of benzene rings is 1. The topological polar surface area (TPSA) is 58.0 Å². The van der Waals surface area contributed by atoms with Gasteiger partial charge in [-0.05, 0) is 36.8 Å². The van der Waals surface area contributed by atoms with Gasteiger partial charge < -0.3 is 14.7 Å². The van der Waals surface area contributed by atoms with Gasteiger partial charge >= 0.3 is 0 Å². The van der Waals surface area contributed by atoms with E-state index in [0.717, 1.165) is 22.1 Å². The van der Waals surface area contributed by atoms with Gasteiger partial charge in [0, 0.05) is 24.3 Å². The number of carbonyl (C=O) groups excluding carboxylic acids is 1. The highest BCUT2D eigenvalue weighted by molar-refractivity contribution is 5.96. The van der Waals surface area contributed by atoms with Crippen LogP contribution in [0.3, 0.4) is 0 Å². The van der Waals surface area contributed by atoms with Gasteiger partial charge in [-0.15, -0.1) is 0 Å². The molecule has 96 valence electrons. The van der Waals surface area contributed by atoms with E-state index >= 15 is 0 Å². The second-order valence-electron chi connectivity index (χ2n) is 4.55. The number of rotatable bonds is 3. The van der Waals surface area contributed by atoms with E-state index in [1.54, 1.807) is 6.07 Å². The van der Waals surface area contributed by atoms with Gasteiger partial charge in [0.05, 0.1) is 0 Å². The van der Waals surface area contributed by atoms with Crippen LogP contribution in [0.15, 0.2) is 47.1 Å². The zero-order valence-corrected chi connectivity index (χ0v) is 10.6. The van der Waals surface area contributed by atoms with Crippen LogP contribution in [-0.2, 0) is 6.54 Å². The number of nitrogens with one attached hydrogen (secondary N) is 2. The first-order chi connectivity index (χ1) is 9.22. The maximum Gasteiger partial charge on any atom is 0.287 e. The number of aryl methyl sites for hydroxylation is 1. The quantitative estimate of drug-likeness (QED) is 0.754. The van der Waals surface area contributed by atoms with E-state index < -0.39 is 0 Å². The number of fused-ring (bicyclic) bond motifs is 1. The van der Waals surface area contributed by atoms with E-state index in [1.165, 1.54) is 0 Å². The molecular weight excluding hydrogens is 240 g/mol. The summed E-state index contributed by atoms with van der Waals surface area (Å²) in [6.07, 6.45) is 3.67. The summed E-state index contributed by atoms with van der Waals surface area (Å²) in [7, 11) is 0. The predicted octanol–water partition coefficient (Wildman–Crippen LogP) is 3.00. The molecule has 2 N–H and O–H groups in total. The number of aromatic nitrogens is 1. The number of hydrogen-bond acceptors (Lipinski definition) is 2. The van der Waals surface area contributed by atoms with Crippen molar-refractivity contribution in [1.29, 1.82) is 0 Å². The monoisotopic (exact) mass is 254 g/mol. The van der Waals surface area contributed by atoms with Crippen LogP contribution in [-0.4, -0.2) is 10.9 Å². The number of amides is 1. The SMILES string of the molecule is Cc1ccc2oc(C(=O)NCc3cc[nH]c3)cc2c1. The summed E-state index contributed by atoms with van der Waals surface area (Å²) in [4.78, 5) is 14.9. The molecule has 0 fully saturated rings. The van der Waals surface area contributed by atoms with Crippen molar-refractivity contribution in [1.82, 2.24) is 10.3 Å². The second kappa shape index (κ2) is 4.65. The van der Waals surface area contributed by atoms with E-state index in [1.807, 2.05) is 43.6 Å². The largest absolute Gasteiger partial charge is 0.451 e. The highest BCUT2D eigenvalue weighted by Crippen LogP contribution is 2.20. The molecule has 3 aromatic rings. The first-order valence-electron chi connectivity index (χ1n) is 6.12. The lowest BCUT2D eigenvalue weighted by Crippen LogP contribution is -2.21. The molecule has 4 nitrogen and oxygen atoms in total. The standard InChI is InChI=1S/C15H14N2O2/c1-10-2-3-13-12(6-10)7-14(19-13)15(18)17-9-11-4-5-16-8-11/h2-8,16H,9H2,1H3,(H,17,18). The van der Waals surface area contributed by atoms with Crippen LogP contribution < -0.4 is 5.32 Å². The van der Waals surface area contributed by atoms with Crippen molar-refractivity contribution < 1.29 is 9.21 Å². The number of H-pyrrole nitrogens is 1. The lowest BCUT2D eigenvalue weighted by atomic mass is 10.2. The van der Waals surface area contributed by atoms with Gasteiger partial charge in [-0.1, -0.05) is 11.6 Å². The molecule has 0 aliphatic heterocycles. The Labute approximate surface area is 110 Å². The van der Waals surface area contributed by atoms with Gasteiger partial charge in [0.2, 0.25) is 0 Å². The zero-order valence-electron chi connectivity index (χ0n) is 10.6. The summed E-state index contributed by atoms with van der Waals surface area (Å²) >= 11 is 0. The van der Waals surface area contributed by atoms with E-state index in [-0.39, 0.29) is 5.91 Å². The smallest absolute Gasteiger partial charge is 0.287 e. The van der Waals surface area contributed by atoms with Crippen LogP contribution in [0.4, 0.5) is 0 Å². The van der Waals surface area contributed by atoms with Crippen molar-refractivity contribution in [2.45, 2.75) is 13.5 Å². The fraction of sp³-hybridized carbons (Fsp3) is 0.133.